The third-order valence-electron chi connectivity index (χ3n) is 5.44. The predicted molar refractivity (Wildman–Crippen MR) is 121 cm³/mol. The lowest BCUT2D eigenvalue weighted by Gasteiger charge is -2.13. The summed E-state index contributed by atoms with van der Waals surface area (Å²) in [5.41, 5.74) is 9.45. The first-order valence-corrected chi connectivity index (χ1v) is 10.3. The number of nitrogen functional groups attached to an aromatic ring is 1. The largest absolute Gasteiger partial charge is 0.496 e. The van der Waals surface area contributed by atoms with E-state index in [0.29, 0.717) is 40.8 Å². The van der Waals surface area contributed by atoms with Crippen LogP contribution >= 0.6 is 0 Å². The maximum Gasteiger partial charge on any atom is 0.225 e. The lowest BCUT2D eigenvalue weighted by Crippen LogP contribution is -2.19. The summed E-state index contributed by atoms with van der Waals surface area (Å²) < 4.78 is 13.0. The zero-order valence-corrected chi connectivity index (χ0v) is 17.3. The zero-order chi connectivity index (χ0) is 21.2. The Bertz CT molecular complexity index is 1200. The maximum absolute atomic E-state index is 6.56. The van der Waals surface area contributed by atoms with Crippen LogP contribution in [0.5, 0.6) is 5.75 Å². The average molecular weight is 416 g/mol. The van der Waals surface area contributed by atoms with Crippen molar-refractivity contribution in [2.24, 2.45) is 0 Å². The molecule has 0 saturated carbocycles. The van der Waals surface area contributed by atoms with Crippen molar-refractivity contribution < 1.29 is 9.47 Å². The molecule has 0 amide bonds. The molecule has 5 rings (SSSR count). The molecular weight excluding hydrogens is 392 g/mol. The van der Waals surface area contributed by atoms with Gasteiger partial charge in [-0.1, -0.05) is 30.3 Å². The van der Waals surface area contributed by atoms with Crippen molar-refractivity contribution in [1.82, 2.24) is 19.7 Å². The van der Waals surface area contributed by atoms with Gasteiger partial charge in [0.2, 0.25) is 5.95 Å². The molecular formula is C23H24N6O2. The normalized spacial score (nSPS) is 16.0. The summed E-state index contributed by atoms with van der Waals surface area (Å²) in [5.74, 6) is 1.67. The minimum Gasteiger partial charge on any atom is -0.496 e. The lowest BCUT2D eigenvalue weighted by atomic mass is 10.1. The molecule has 0 bridgehead atoms. The van der Waals surface area contributed by atoms with E-state index in [1.165, 1.54) is 0 Å². The minimum absolute atomic E-state index is 0.168. The summed E-state index contributed by atoms with van der Waals surface area (Å²) >= 11 is 0. The highest BCUT2D eigenvalue weighted by atomic mass is 16.5. The van der Waals surface area contributed by atoms with E-state index >= 15 is 0 Å². The van der Waals surface area contributed by atoms with Crippen LogP contribution in [0.25, 0.3) is 28.0 Å². The zero-order valence-electron chi connectivity index (χ0n) is 17.3. The molecule has 1 aliphatic rings. The average Bonchev–Trinajstić information content (AvgIpc) is 3.46. The highest BCUT2D eigenvalue weighted by molar-refractivity contribution is 6.00. The van der Waals surface area contributed by atoms with E-state index in [4.69, 9.17) is 25.3 Å². The fraction of sp³-hybridized carbons (Fsp3) is 0.261. The Morgan fingerprint density at radius 2 is 1.94 bits per heavy atom. The summed E-state index contributed by atoms with van der Waals surface area (Å²) in [6.45, 7) is 1.45. The molecule has 8 heteroatoms. The van der Waals surface area contributed by atoms with E-state index in [9.17, 15) is 0 Å². The van der Waals surface area contributed by atoms with Crippen molar-refractivity contribution in [3.8, 4) is 22.7 Å². The molecule has 158 valence electrons. The molecule has 1 unspecified atom stereocenters. The van der Waals surface area contributed by atoms with E-state index < -0.39 is 0 Å². The number of rotatable bonds is 6. The van der Waals surface area contributed by atoms with Crippen molar-refractivity contribution in [2.75, 3.05) is 31.3 Å². The van der Waals surface area contributed by atoms with Gasteiger partial charge in [-0.3, -0.25) is 0 Å². The van der Waals surface area contributed by atoms with Crippen LogP contribution in [0, 0.1) is 0 Å². The second-order valence-electron chi connectivity index (χ2n) is 7.44. The quantitative estimate of drug-likeness (QED) is 0.495. The molecule has 3 heterocycles. The van der Waals surface area contributed by atoms with Crippen molar-refractivity contribution >= 4 is 22.8 Å². The Morgan fingerprint density at radius 1 is 1.13 bits per heavy atom. The number of methoxy groups -OCH3 is 1. The molecule has 2 aromatic carbocycles. The molecule has 3 N–H and O–H groups in total. The van der Waals surface area contributed by atoms with Crippen molar-refractivity contribution in [3.05, 3.63) is 54.6 Å². The van der Waals surface area contributed by atoms with Crippen LogP contribution in [0.1, 0.15) is 12.8 Å². The number of aromatic nitrogens is 4. The van der Waals surface area contributed by atoms with Crippen LogP contribution < -0.4 is 15.8 Å². The van der Waals surface area contributed by atoms with Gasteiger partial charge in [0.15, 0.2) is 5.65 Å². The third-order valence-corrected chi connectivity index (χ3v) is 5.44. The van der Waals surface area contributed by atoms with Gasteiger partial charge in [-0.25, -0.2) is 9.67 Å². The van der Waals surface area contributed by atoms with E-state index in [1.54, 1.807) is 11.8 Å². The topological polar surface area (TPSA) is 100 Å². The van der Waals surface area contributed by atoms with E-state index in [2.05, 4.69) is 10.3 Å². The van der Waals surface area contributed by atoms with Crippen LogP contribution in [0.4, 0.5) is 11.8 Å². The van der Waals surface area contributed by atoms with E-state index in [0.717, 1.165) is 30.7 Å². The van der Waals surface area contributed by atoms with Crippen LogP contribution in [-0.4, -0.2) is 46.1 Å². The van der Waals surface area contributed by atoms with Crippen LogP contribution in [-0.2, 0) is 4.74 Å². The lowest BCUT2D eigenvalue weighted by molar-refractivity contribution is 0.120. The predicted octanol–water partition coefficient (Wildman–Crippen LogP) is 3.66. The molecule has 8 nitrogen and oxygen atoms in total. The molecule has 31 heavy (non-hydrogen) atoms. The van der Waals surface area contributed by atoms with Crippen molar-refractivity contribution in [2.45, 2.75) is 18.9 Å². The first kappa shape index (κ1) is 19.3. The fourth-order valence-electron chi connectivity index (χ4n) is 3.90. The van der Waals surface area contributed by atoms with Gasteiger partial charge in [-0.2, -0.15) is 4.98 Å². The number of hydrogen-bond donors (Lipinski definition) is 2. The van der Waals surface area contributed by atoms with Gasteiger partial charge in [-0.15, -0.1) is 5.10 Å². The molecule has 0 spiro atoms. The number of nitrogens with two attached hydrogens (primary N) is 1. The Morgan fingerprint density at radius 3 is 2.71 bits per heavy atom. The fourth-order valence-corrected chi connectivity index (χ4v) is 3.90. The van der Waals surface area contributed by atoms with Crippen molar-refractivity contribution in [1.29, 1.82) is 0 Å². The number of ether oxygens (including phenoxy) is 2. The second kappa shape index (κ2) is 8.23. The van der Waals surface area contributed by atoms with Gasteiger partial charge in [0.25, 0.3) is 0 Å². The number of benzene rings is 2. The van der Waals surface area contributed by atoms with Gasteiger partial charge in [0, 0.05) is 18.7 Å². The smallest absolute Gasteiger partial charge is 0.225 e. The summed E-state index contributed by atoms with van der Waals surface area (Å²) in [4.78, 5) is 9.47. The van der Waals surface area contributed by atoms with E-state index in [-0.39, 0.29) is 6.10 Å². The van der Waals surface area contributed by atoms with Gasteiger partial charge < -0.3 is 20.5 Å². The Kier molecular flexibility index (Phi) is 5.13. The van der Waals surface area contributed by atoms with Crippen LogP contribution in [0.2, 0.25) is 0 Å². The van der Waals surface area contributed by atoms with Gasteiger partial charge in [-0.05, 0) is 37.1 Å². The molecule has 4 aromatic rings. The molecule has 1 saturated heterocycles. The molecule has 1 aliphatic heterocycles. The van der Waals surface area contributed by atoms with Gasteiger partial charge in [0.05, 0.1) is 30.0 Å². The summed E-state index contributed by atoms with van der Waals surface area (Å²) in [7, 11) is 1.64. The maximum atomic E-state index is 6.56. The highest BCUT2D eigenvalue weighted by Gasteiger charge is 2.22. The Balaban J connectivity index is 1.66. The third kappa shape index (κ3) is 3.66. The number of nitrogens with zero attached hydrogens (tertiary/aromatic N) is 4. The monoisotopic (exact) mass is 416 g/mol. The number of anilines is 2. The Hall–Kier alpha value is -3.65. The van der Waals surface area contributed by atoms with E-state index in [1.807, 2.05) is 54.6 Å². The molecule has 0 aliphatic carbocycles. The summed E-state index contributed by atoms with van der Waals surface area (Å²) in [6, 6.07) is 17.5. The number of fused-ring (bicyclic) bond motifs is 1. The first-order chi connectivity index (χ1) is 15.2. The molecule has 1 atom stereocenters. The summed E-state index contributed by atoms with van der Waals surface area (Å²) in [5, 5.41) is 8.70. The molecule has 0 radical (unpaired) electrons. The van der Waals surface area contributed by atoms with Crippen LogP contribution in [0.15, 0.2) is 54.6 Å². The first-order valence-electron chi connectivity index (χ1n) is 10.3. The highest BCUT2D eigenvalue weighted by Crippen LogP contribution is 2.37. The van der Waals surface area contributed by atoms with Crippen molar-refractivity contribution in [3.63, 3.8) is 0 Å². The minimum atomic E-state index is 0.168. The number of hydrogen-bond acceptors (Lipinski definition) is 7. The van der Waals surface area contributed by atoms with Crippen LogP contribution in [0.3, 0.4) is 0 Å². The molecule has 1 fully saturated rings. The Labute approximate surface area is 180 Å². The SMILES string of the molecule is COc1ccccc1-c1nc(NCC2CCCO2)nc2nn(-c3ccccc3)c(N)c12. The number of para-hydroxylation sites is 2. The van der Waals surface area contributed by atoms with Gasteiger partial charge in [0.1, 0.15) is 11.6 Å². The second-order valence-corrected chi connectivity index (χ2v) is 7.44. The molecule has 2 aromatic heterocycles. The number of nitrogens with one attached hydrogen (secondary N) is 1. The summed E-state index contributed by atoms with van der Waals surface area (Å²) in [6.07, 6.45) is 2.28. The van der Waals surface area contributed by atoms with Gasteiger partial charge >= 0.3 is 0 Å². The standard InChI is InChI=1S/C23H24N6O2/c1-30-18-12-6-5-11-17(18)20-19-21(24)29(15-8-3-2-4-9-15)28-22(19)27-23(26-20)25-14-16-10-7-13-31-16/h2-6,8-9,11-12,16H,7,10,13-14,24H2,1H3,(H,25,27,28).